The van der Waals surface area contributed by atoms with Gasteiger partial charge in [0.05, 0.1) is 43.5 Å². The van der Waals surface area contributed by atoms with E-state index in [0.29, 0.717) is 22.4 Å². The molecule has 164 valence electrons. The fourth-order valence-corrected chi connectivity index (χ4v) is 3.73. The second kappa shape index (κ2) is 10.4. The van der Waals surface area contributed by atoms with Gasteiger partial charge >= 0.3 is 6.03 Å². The number of para-hydroxylation sites is 1. The lowest BCUT2D eigenvalue weighted by molar-refractivity contribution is -0.845. The number of hydrogen-bond acceptors (Lipinski definition) is 4. The van der Waals surface area contributed by atoms with Gasteiger partial charge in [0.25, 0.3) is 0 Å². The first kappa shape index (κ1) is 22.7. The van der Waals surface area contributed by atoms with Crippen molar-refractivity contribution in [3.05, 3.63) is 71.9 Å². The molecule has 3 rings (SSSR count). The molecule has 0 spiro atoms. The number of aliphatic hydroxyl groups excluding tert-OH is 1. The van der Waals surface area contributed by atoms with Crippen molar-refractivity contribution >= 4 is 16.9 Å². The zero-order valence-corrected chi connectivity index (χ0v) is 18.5. The lowest BCUT2D eigenvalue weighted by Gasteiger charge is -2.32. The molecule has 0 aliphatic carbocycles. The Kier molecular flexibility index (Phi) is 7.60. The predicted molar refractivity (Wildman–Crippen MR) is 123 cm³/mol. The van der Waals surface area contributed by atoms with Crippen molar-refractivity contribution in [1.82, 2.24) is 10.3 Å². The largest absolute Gasteiger partial charge is 0.487 e. The molecule has 3 aromatic rings. The number of nitrogens with zero attached hydrogens (tertiary/aromatic N) is 2. The Morgan fingerprint density at radius 1 is 1.03 bits per heavy atom. The van der Waals surface area contributed by atoms with E-state index in [-0.39, 0.29) is 12.6 Å². The van der Waals surface area contributed by atoms with Crippen molar-refractivity contribution in [3.8, 4) is 5.75 Å². The number of benzene rings is 2. The number of aromatic nitrogens is 1. The van der Waals surface area contributed by atoms with Gasteiger partial charge in [0.15, 0.2) is 0 Å². The van der Waals surface area contributed by atoms with E-state index in [1.807, 2.05) is 75.4 Å². The zero-order chi connectivity index (χ0) is 22.3. The lowest BCUT2D eigenvalue weighted by atomic mass is 10.1. The molecule has 0 aliphatic rings. The van der Waals surface area contributed by atoms with Gasteiger partial charge in [-0.2, -0.15) is 0 Å². The second-order valence-electron chi connectivity index (χ2n) is 7.65. The Morgan fingerprint density at radius 3 is 2.52 bits per heavy atom. The van der Waals surface area contributed by atoms with Crippen LogP contribution in [0.4, 0.5) is 4.79 Å². The standard InChI is InChI=1S/C25H31N3O3/c1-4-28(5-2,6-3)25(30)26-17-24(29)20-11-9-12-22(16-20)31-18-21-15-14-19-10-7-8-13-23(19)27-21/h7-16,24,29H,4-6,17-18H2,1-3H3/p+1. The maximum absolute atomic E-state index is 12.6. The monoisotopic (exact) mass is 422 g/mol. The van der Waals surface area contributed by atoms with Crippen LogP contribution in [0.3, 0.4) is 0 Å². The summed E-state index contributed by atoms with van der Waals surface area (Å²) >= 11 is 0. The molecule has 0 aliphatic heterocycles. The van der Waals surface area contributed by atoms with Gasteiger partial charge in [0.2, 0.25) is 0 Å². The summed E-state index contributed by atoms with van der Waals surface area (Å²) < 4.78 is 6.26. The maximum atomic E-state index is 12.6. The molecule has 0 radical (unpaired) electrons. The molecule has 2 N–H and O–H groups in total. The average molecular weight is 423 g/mol. The highest BCUT2D eigenvalue weighted by Crippen LogP contribution is 2.21. The number of amides is 2. The van der Waals surface area contributed by atoms with E-state index < -0.39 is 6.10 Å². The number of quaternary nitrogens is 1. The molecule has 2 aromatic carbocycles. The van der Waals surface area contributed by atoms with E-state index in [1.165, 1.54) is 0 Å². The van der Waals surface area contributed by atoms with E-state index in [1.54, 1.807) is 6.07 Å². The van der Waals surface area contributed by atoms with Crippen LogP contribution in [0.15, 0.2) is 60.7 Å². The van der Waals surface area contributed by atoms with E-state index in [2.05, 4.69) is 10.3 Å². The van der Waals surface area contributed by atoms with Crippen LogP contribution in [-0.4, -0.2) is 46.8 Å². The molecule has 1 aromatic heterocycles. The smallest absolute Gasteiger partial charge is 0.416 e. The summed E-state index contributed by atoms with van der Waals surface area (Å²) in [5.41, 5.74) is 2.47. The van der Waals surface area contributed by atoms with E-state index in [0.717, 1.165) is 36.2 Å². The highest BCUT2D eigenvalue weighted by Gasteiger charge is 2.31. The van der Waals surface area contributed by atoms with Gasteiger partial charge < -0.3 is 15.2 Å². The Hall–Kier alpha value is -2.96. The second-order valence-corrected chi connectivity index (χ2v) is 7.65. The lowest BCUT2D eigenvalue weighted by Crippen LogP contribution is -2.57. The highest BCUT2D eigenvalue weighted by molar-refractivity contribution is 5.78. The quantitative estimate of drug-likeness (QED) is 0.500. The summed E-state index contributed by atoms with van der Waals surface area (Å²) in [6, 6.07) is 19.2. The number of urea groups is 1. The summed E-state index contributed by atoms with van der Waals surface area (Å²) in [6.45, 7) is 8.69. The normalized spacial score (nSPS) is 12.5. The number of nitrogens with one attached hydrogen (secondary N) is 1. The highest BCUT2D eigenvalue weighted by atomic mass is 16.5. The molecule has 0 fully saturated rings. The number of fused-ring (bicyclic) bond motifs is 1. The molecule has 0 saturated heterocycles. The third-order valence-electron chi connectivity index (χ3n) is 5.98. The average Bonchev–Trinajstić information content (AvgIpc) is 2.82. The maximum Gasteiger partial charge on any atom is 0.416 e. The predicted octanol–water partition coefficient (Wildman–Crippen LogP) is 4.43. The van der Waals surface area contributed by atoms with Crippen LogP contribution in [-0.2, 0) is 6.61 Å². The van der Waals surface area contributed by atoms with Crippen molar-refractivity contribution in [2.45, 2.75) is 33.5 Å². The molecular formula is C25H32N3O3+. The number of ether oxygens (including phenoxy) is 1. The summed E-state index contributed by atoms with van der Waals surface area (Å²) in [5, 5.41) is 14.6. The van der Waals surface area contributed by atoms with Gasteiger partial charge in [0.1, 0.15) is 12.4 Å². The van der Waals surface area contributed by atoms with Crippen LogP contribution in [0, 0.1) is 0 Å². The molecule has 6 nitrogen and oxygen atoms in total. The fraction of sp³-hybridized carbons (Fsp3) is 0.360. The minimum Gasteiger partial charge on any atom is -0.487 e. The molecule has 1 atom stereocenters. The van der Waals surface area contributed by atoms with E-state index in [9.17, 15) is 9.90 Å². The SMILES string of the molecule is CC[N+](CC)(CC)C(=O)NCC(O)c1cccc(OCc2ccc3ccccc3n2)c1. The Balaban J connectivity index is 1.60. The minimum atomic E-state index is -0.807. The van der Waals surface area contributed by atoms with E-state index in [4.69, 9.17) is 4.74 Å². The fourth-order valence-electron chi connectivity index (χ4n) is 3.73. The van der Waals surface area contributed by atoms with Gasteiger partial charge in [-0.05, 0) is 50.6 Å². The summed E-state index contributed by atoms with van der Waals surface area (Å²) in [4.78, 5) is 17.3. The molecule has 31 heavy (non-hydrogen) atoms. The van der Waals surface area contributed by atoms with Crippen molar-refractivity contribution in [3.63, 3.8) is 0 Å². The number of rotatable bonds is 9. The Labute approximate surface area is 184 Å². The van der Waals surface area contributed by atoms with Crippen molar-refractivity contribution in [1.29, 1.82) is 0 Å². The summed E-state index contributed by atoms with van der Waals surface area (Å²) in [5.74, 6) is 0.652. The topological polar surface area (TPSA) is 71.5 Å². The van der Waals surface area contributed by atoms with Gasteiger partial charge in [0, 0.05) is 5.39 Å². The molecule has 0 bridgehead atoms. The number of carbonyl (C=O) groups excluding carboxylic acids is 1. The van der Waals surface area contributed by atoms with Crippen LogP contribution >= 0.6 is 0 Å². The molecule has 2 amide bonds. The van der Waals surface area contributed by atoms with Gasteiger partial charge in [-0.15, -0.1) is 0 Å². The molecule has 1 heterocycles. The van der Waals surface area contributed by atoms with Crippen molar-refractivity contribution < 1.29 is 19.1 Å². The Bertz CT molecular complexity index is 1010. The first-order valence-corrected chi connectivity index (χ1v) is 10.9. The summed E-state index contributed by atoms with van der Waals surface area (Å²) in [7, 11) is 0. The third-order valence-corrected chi connectivity index (χ3v) is 5.98. The number of hydrogen-bond donors (Lipinski definition) is 2. The first-order valence-electron chi connectivity index (χ1n) is 10.9. The Morgan fingerprint density at radius 2 is 1.77 bits per heavy atom. The van der Waals surface area contributed by atoms with Crippen molar-refractivity contribution in [2.24, 2.45) is 0 Å². The van der Waals surface area contributed by atoms with Crippen LogP contribution in [0.5, 0.6) is 5.75 Å². The van der Waals surface area contributed by atoms with Gasteiger partial charge in [-0.3, -0.25) is 0 Å². The van der Waals surface area contributed by atoms with E-state index >= 15 is 0 Å². The van der Waals surface area contributed by atoms with Crippen molar-refractivity contribution in [2.75, 3.05) is 26.2 Å². The first-order chi connectivity index (χ1) is 15.0. The van der Waals surface area contributed by atoms with Crippen LogP contribution in [0.2, 0.25) is 0 Å². The summed E-state index contributed by atoms with van der Waals surface area (Å²) in [6.07, 6.45) is -0.807. The van der Waals surface area contributed by atoms with Gasteiger partial charge in [-0.25, -0.2) is 14.3 Å². The molecule has 6 heteroatoms. The van der Waals surface area contributed by atoms with Crippen LogP contribution in [0.1, 0.15) is 38.1 Å². The van der Waals surface area contributed by atoms with Crippen LogP contribution in [0.25, 0.3) is 10.9 Å². The number of carbonyl (C=O) groups is 1. The number of aliphatic hydroxyl groups is 1. The number of pyridine rings is 1. The zero-order valence-electron chi connectivity index (χ0n) is 18.5. The minimum absolute atomic E-state index is 0.0543. The molecule has 0 saturated carbocycles. The van der Waals surface area contributed by atoms with Crippen LogP contribution < -0.4 is 10.1 Å². The molecule has 1 unspecified atom stereocenters. The van der Waals surface area contributed by atoms with Gasteiger partial charge in [-0.1, -0.05) is 36.4 Å². The third kappa shape index (κ3) is 5.40. The molecular weight excluding hydrogens is 390 g/mol.